The van der Waals surface area contributed by atoms with Gasteiger partial charge in [-0.3, -0.25) is 15.0 Å². The molecule has 23 heavy (non-hydrogen) atoms. The van der Waals surface area contributed by atoms with Crippen LogP contribution in [0.2, 0.25) is 0 Å². The molecule has 0 radical (unpaired) electrons. The summed E-state index contributed by atoms with van der Waals surface area (Å²) in [6.07, 6.45) is 6.63. The first-order chi connectivity index (χ1) is 11.1. The monoisotopic (exact) mass is 338 g/mol. The summed E-state index contributed by atoms with van der Waals surface area (Å²) >= 11 is 1.53. The van der Waals surface area contributed by atoms with E-state index in [-0.39, 0.29) is 18.1 Å². The number of nitrogens with zero attached hydrogens (tertiary/aromatic N) is 3. The first kappa shape index (κ1) is 16.8. The molecular weight excluding hydrogens is 312 g/mol. The molecule has 1 aliphatic heterocycles. The van der Waals surface area contributed by atoms with Crippen LogP contribution in [0.5, 0.6) is 0 Å². The van der Waals surface area contributed by atoms with Crippen LogP contribution in [-0.2, 0) is 9.53 Å². The molecule has 0 aromatic carbocycles. The average molecular weight is 338 g/mol. The maximum Gasteiger partial charge on any atom is 0.240 e. The Bertz CT molecular complexity index is 520. The molecule has 2 aliphatic rings. The molecule has 1 saturated carbocycles. The van der Waals surface area contributed by atoms with E-state index in [0.717, 1.165) is 18.1 Å². The topological polar surface area (TPSA) is 67.4 Å². The molecule has 1 aromatic heterocycles. The molecule has 3 rings (SSSR count). The fourth-order valence-corrected chi connectivity index (χ4v) is 4.50. The van der Waals surface area contributed by atoms with Gasteiger partial charge in [-0.1, -0.05) is 30.6 Å². The zero-order valence-electron chi connectivity index (χ0n) is 14.0. The van der Waals surface area contributed by atoms with Crippen LogP contribution >= 0.6 is 11.3 Å². The Balaban J connectivity index is 1.50. The van der Waals surface area contributed by atoms with Crippen molar-refractivity contribution in [1.82, 2.24) is 15.1 Å². The quantitative estimate of drug-likeness (QED) is 0.914. The van der Waals surface area contributed by atoms with Gasteiger partial charge in [0.1, 0.15) is 5.01 Å². The van der Waals surface area contributed by atoms with Gasteiger partial charge in [-0.25, -0.2) is 0 Å². The van der Waals surface area contributed by atoms with E-state index in [9.17, 15) is 4.79 Å². The van der Waals surface area contributed by atoms with E-state index in [0.29, 0.717) is 17.6 Å². The molecule has 1 amide bonds. The Morgan fingerprint density at radius 1 is 1.22 bits per heavy atom. The van der Waals surface area contributed by atoms with Crippen molar-refractivity contribution in [3.8, 4) is 0 Å². The maximum atomic E-state index is 12.2. The third-order valence-corrected chi connectivity index (χ3v) is 5.51. The van der Waals surface area contributed by atoms with Crippen LogP contribution < -0.4 is 5.32 Å². The minimum absolute atomic E-state index is 0.0161. The van der Waals surface area contributed by atoms with Crippen LogP contribution in [0.3, 0.4) is 0 Å². The summed E-state index contributed by atoms with van der Waals surface area (Å²) in [7, 11) is 0. The maximum absolute atomic E-state index is 12.2. The van der Waals surface area contributed by atoms with E-state index in [1.54, 1.807) is 0 Å². The number of amides is 1. The van der Waals surface area contributed by atoms with Crippen molar-refractivity contribution in [1.29, 1.82) is 0 Å². The van der Waals surface area contributed by atoms with Crippen molar-refractivity contribution in [2.45, 2.75) is 64.1 Å². The molecule has 0 unspecified atom stereocenters. The van der Waals surface area contributed by atoms with Gasteiger partial charge < -0.3 is 4.74 Å². The van der Waals surface area contributed by atoms with E-state index in [1.165, 1.54) is 43.4 Å². The van der Waals surface area contributed by atoms with Gasteiger partial charge in [0.15, 0.2) is 0 Å². The first-order valence-corrected chi connectivity index (χ1v) is 9.43. The lowest BCUT2D eigenvalue weighted by Gasteiger charge is -2.34. The number of aromatic nitrogens is 2. The molecule has 1 aliphatic carbocycles. The Morgan fingerprint density at radius 3 is 2.61 bits per heavy atom. The Kier molecular flexibility index (Phi) is 5.61. The molecule has 1 N–H and O–H groups in total. The first-order valence-electron chi connectivity index (χ1n) is 8.61. The highest BCUT2D eigenvalue weighted by Gasteiger charge is 2.24. The van der Waals surface area contributed by atoms with Crippen molar-refractivity contribution in [2.75, 3.05) is 25.0 Å². The van der Waals surface area contributed by atoms with Crippen molar-refractivity contribution in [3.05, 3.63) is 5.01 Å². The Hall–Kier alpha value is -1.05. The summed E-state index contributed by atoms with van der Waals surface area (Å²) in [5, 5.41) is 13.0. The number of hydrogen-bond donors (Lipinski definition) is 1. The fourth-order valence-electron chi connectivity index (χ4n) is 3.57. The molecule has 128 valence electrons. The number of ether oxygens (including phenoxy) is 1. The lowest BCUT2D eigenvalue weighted by Crippen LogP contribution is -2.48. The van der Waals surface area contributed by atoms with Gasteiger partial charge >= 0.3 is 0 Å². The summed E-state index contributed by atoms with van der Waals surface area (Å²) in [5.74, 6) is 0.519. The van der Waals surface area contributed by atoms with Crippen LogP contribution in [-0.4, -0.2) is 52.8 Å². The minimum atomic E-state index is -0.0161. The van der Waals surface area contributed by atoms with Crippen molar-refractivity contribution in [3.63, 3.8) is 0 Å². The molecule has 6 nitrogen and oxygen atoms in total. The van der Waals surface area contributed by atoms with Crippen molar-refractivity contribution >= 4 is 22.4 Å². The van der Waals surface area contributed by atoms with Gasteiger partial charge in [0.05, 0.1) is 18.8 Å². The number of morpholine rings is 1. The van der Waals surface area contributed by atoms with E-state index in [2.05, 4.69) is 20.4 Å². The summed E-state index contributed by atoms with van der Waals surface area (Å²) < 4.78 is 5.69. The normalized spacial score (nSPS) is 27.0. The zero-order valence-corrected chi connectivity index (χ0v) is 14.8. The molecule has 1 saturated heterocycles. The summed E-state index contributed by atoms with van der Waals surface area (Å²) in [6.45, 7) is 6.06. The van der Waals surface area contributed by atoms with Crippen LogP contribution in [0, 0.1) is 0 Å². The predicted octanol–water partition coefficient (Wildman–Crippen LogP) is 2.63. The highest BCUT2D eigenvalue weighted by Crippen LogP contribution is 2.35. The predicted molar refractivity (Wildman–Crippen MR) is 90.8 cm³/mol. The fraction of sp³-hybridized carbons (Fsp3) is 0.812. The average Bonchev–Trinajstić information content (AvgIpc) is 2.95. The van der Waals surface area contributed by atoms with E-state index >= 15 is 0 Å². The molecule has 2 heterocycles. The third-order valence-electron chi connectivity index (χ3n) is 4.50. The van der Waals surface area contributed by atoms with Crippen LogP contribution in [0.25, 0.3) is 0 Å². The summed E-state index contributed by atoms with van der Waals surface area (Å²) in [4.78, 5) is 14.4. The molecule has 2 fully saturated rings. The second kappa shape index (κ2) is 7.68. The highest BCUT2D eigenvalue weighted by molar-refractivity contribution is 7.15. The molecule has 1 aromatic rings. The standard InChI is InChI=1S/C16H26N4O2S/c1-11-8-20(9-12(2)22-11)10-14(21)17-16-19-18-15(23-16)13-6-4-3-5-7-13/h11-13H,3-10H2,1-2H3,(H,17,19,21)/t11-,12+. The molecule has 2 atom stereocenters. The van der Waals surface area contributed by atoms with Gasteiger partial charge in [0.2, 0.25) is 11.0 Å². The van der Waals surface area contributed by atoms with Crippen LogP contribution in [0.1, 0.15) is 56.9 Å². The molecule has 7 heteroatoms. The number of carbonyl (C=O) groups is 1. The van der Waals surface area contributed by atoms with Gasteiger partial charge in [0, 0.05) is 19.0 Å². The van der Waals surface area contributed by atoms with Gasteiger partial charge in [-0.2, -0.15) is 0 Å². The number of rotatable bonds is 4. The van der Waals surface area contributed by atoms with Gasteiger partial charge in [-0.15, -0.1) is 10.2 Å². The summed E-state index contributed by atoms with van der Waals surface area (Å²) in [5.41, 5.74) is 0. The Labute approximate surface area is 141 Å². The molecule has 0 spiro atoms. The number of hydrogen-bond acceptors (Lipinski definition) is 6. The lowest BCUT2D eigenvalue weighted by atomic mass is 9.90. The molecular formula is C16H26N4O2S. The van der Waals surface area contributed by atoms with Gasteiger partial charge in [-0.05, 0) is 26.7 Å². The summed E-state index contributed by atoms with van der Waals surface area (Å²) in [6, 6.07) is 0. The second-order valence-electron chi connectivity index (χ2n) is 6.78. The smallest absolute Gasteiger partial charge is 0.240 e. The Morgan fingerprint density at radius 2 is 1.91 bits per heavy atom. The van der Waals surface area contributed by atoms with Crippen LogP contribution in [0.4, 0.5) is 5.13 Å². The SMILES string of the molecule is C[C@@H]1CN(CC(=O)Nc2nnc(C3CCCCC3)s2)C[C@H](C)O1. The number of carbonyl (C=O) groups excluding carboxylic acids is 1. The largest absolute Gasteiger partial charge is 0.373 e. The van der Waals surface area contributed by atoms with Crippen molar-refractivity contribution in [2.24, 2.45) is 0 Å². The second-order valence-corrected chi connectivity index (χ2v) is 7.79. The van der Waals surface area contributed by atoms with E-state index < -0.39 is 0 Å². The van der Waals surface area contributed by atoms with Crippen molar-refractivity contribution < 1.29 is 9.53 Å². The van der Waals surface area contributed by atoms with E-state index in [1.807, 2.05) is 13.8 Å². The minimum Gasteiger partial charge on any atom is -0.373 e. The lowest BCUT2D eigenvalue weighted by molar-refractivity contribution is -0.121. The van der Waals surface area contributed by atoms with E-state index in [4.69, 9.17) is 4.74 Å². The highest BCUT2D eigenvalue weighted by atomic mass is 32.1. The molecule has 0 bridgehead atoms. The number of nitrogens with one attached hydrogen (secondary N) is 1. The van der Waals surface area contributed by atoms with Gasteiger partial charge in [0.25, 0.3) is 0 Å². The zero-order chi connectivity index (χ0) is 16.2. The third kappa shape index (κ3) is 4.71. The van der Waals surface area contributed by atoms with Crippen LogP contribution in [0.15, 0.2) is 0 Å². The number of anilines is 1.